The SMILES string of the molecule is C=CC(N)OC(=O)Nc1ccccc1. The zero-order valence-electron chi connectivity index (χ0n) is 7.64. The van der Waals surface area contributed by atoms with Gasteiger partial charge >= 0.3 is 6.09 Å². The number of rotatable bonds is 3. The average Bonchev–Trinajstić information content (AvgIpc) is 2.19. The van der Waals surface area contributed by atoms with Crippen LogP contribution in [0.4, 0.5) is 10.5 Å². The Bertz CT molecular complexity index is 311. The molecule has 14 heavy (non-hydrogen) atoms. The first kappa shape index (κ1) is 10.3. The van der Waals surface area contributed by atoms with Crippen LogP contribution in [0, 0.1) is 0 Å². The summed E-state index contributed by atoms with van der Waals surface area (Å²) in [5.41, 5.74) is 5.99. The molecule has 1 aromatic rings. The number of amides is 1. The molecule has 1 rings (SSSR count). The summed E-state index contributed by atoms with van der Waals surface area (Å²) in [7, 11) is 0. The fourth-order valence-corrected chi connectivity index (χ4v) is 0.841. The van der Waals surface area contributed by atoms with Crippen molar-refractivity contribution in [1.82, 2.24) is 0 Å². The molecule has 1 unspecified atom stereocenters. The number of carbonyl (C=O) groups excluding carboxylic acids is 1. The Hall–Kier alpha value is -1.81. The molecule has 0 saturated carbocycles. The molecular formula is C10H12N2O2. The summed E-state index contributed by atoms with van der Waals surface area (Å²) < 4.78 is 4.71. The van der Waals surface area contributed by atoms with Gasteiger partial charge in [0.25, 0.3) is 0 Å². The first-order chi connectivity index (χ1) is 6.72. The topological polar surface area (TPSA) is 64.3 Å². The summed E-state index contributed by atoms with van der Waals surface area (Å²) in [6.45, 7) is 3.39. The van der Waals surface area contributed by atoms with Gasteiger partial charge in [-0.2, -0.15) is 0 Å². The van der Waals surface area contributed by atoms with Crippen molar-refractivity contribution in [2.45, 2.75) is 6.23 Å². The van der Waals surface area contributed by atoms with Crippen LogP contribution in [-0.4, -0.2) is 12.3 Å². The van der Waals surface area contributed by atoms with E-state index in [1.165, 1.54) is 6.08 Å². The molecule has 0 aliphatic heterocycles. The molecular weight excluding hydrogens is 180 g/mol. The van der Waals surface area contributed by atoms with Crippen LogP contribution in [0.2, 0.25) is 0 Å². The lowest BCUT2D eigenvalue weighted by Crippen LogP contribution is -2.27. The number of nitrogens with one attached hydrogen (secondary N) is 1. The van der Waals surface area contributed by atoms with E-state index in [0.717, 1.165) is 0 Å². The maximum absolute atomic E-state index is 11.1. The summed E-state index contributed by atoms with van der Waals surface area (Å²) in [5, 5.41) is 2.52. The largest absolute Gasteiger partial charge is 0.427 e. The molecule has 1 atom stereocenters. The fourth-order valence-electron chi connectivity index (χ4n) is 0.841. The van der Waals surface area contributed by atoms with Crippen LogP contribution in [0.5, 0.6) is 0 Å². The highest BCUT2D eigenvalue weighted by Gasteiger charge is 2.05. The van der Waals surface area contributed by atoms with Gasteiger partial charge < -0.3 is 4.74 Å². The zero-order chi connectivity index (χ0) is 10.4. The Kier molecular flexibility index (Phi) is 3.69. The van der Waals surface area contributed by atoms with E-state index >= 15 is 0 Å². The minimum Gasteiger partial charge on any atom is -0.427 e. The monoisotopic (exact) mass is 192 g/mol. The Morgan fingerprint density at radius 1 is 1.50 bits per heavy atom. The van der Waals surface area contributed by atoms with Gasteiger partial charge in [-0.05, 0) is 18.2 Å². The highest BCUT2D eigenvalue weighted by Crippen LogP contribution is 2.05. The van der Waals surface area contributed by atoms with Crippen LogP contribution in [0.25, 0.3) is 0 Å². The molecule has 0 saturated heterocycles. The number of hydrogen-bond acceptors (Lipinski definition) is 3. The lowest BCUT2D eigenvalue weighted by Gasteiger charge is -2.09. The maximum atomic E-state index is 11.1. The van der Waals surface area contributed by atoms with Crippen molar-refractivity contribution in [2.75, 3.05) is 5.32 Å². The highest BCUT2D eigenvalue weighted by atomic mass is 16.6. The van der Waals surface area contributed by atoms with Gasteiger partial charge in [0, 0.05) is 5.69 Å². The minimum absolute atomic E-state index is 0.594. The number of anilines is 1. The minimum atomic E-state index is -0.779. The van der Waals surface area contributed by atoms with E-state index in [1.54, 1.807) is 12.1 Å². The van der Waals surface area contributed by atoms with Gasteiger partial charge in [-0.15, -0.1) is 0 Å². The highest BCUT2D eigenvalue weighted by molar-refractivity contribution is 5.84. The number of hydrogen-bond donors (Lipinski definition) is 2. The van der Waals surface area contributed by atoms with Crippen LogP contribution >= 0.6 is 0 Å². The van der Waals surface area contributed by atoms with Crippen molar-refractivity contribution in [1.29, 1.82) is 0 Å². The normalized spacial score (nSPS) is 11.5. The molecule has 0 radical (unpaired) electrons. The van der Waals surface area contributed by atoms with E-state index in [1.807, 2.05) is 18.2 Å². The van der Waals surface area contributed by atoms with Crippen LogP contribution in [-0.2, 0) is 4.74 Å². The molecule has 0 spiro atoms. The third-order valence-electron chi connectivity index (χ3n) is 1.50. The Balaban J connectivity index is 2.46. The Labute approximate surface area is 82.4 Å². The summed E-state index contributed by atoms with van der Waals surface area (Å²) in [4.78, 5) is 11.1. The van der Waals surface area contributed by atoms with Crippen LogP contribution in [0.15, 0.2) is 43.0 Å². The van der Waals surface area contributed by atoms with Gasteiger partial charge in [-0.3, -0.25) is 11.1 Å². The van der Waals surface area contributed by atoms with E-state index in [2.05, 4.69) is 11.9 Å². The predicted molar refractivity (Wildman–Crippen MR) is 54.7 cm³/mol. The number of para-hydroxylation sites is 1. The van der Waals surface area contributed by atoms with E-state index in [9.17, 15) is 4.79 Å². The van der Waals surface area contributed by atoms with E-state index in [-0.39, 0.29) is 0 Å². The summed E-state index contributed by atoms with van der Waals surface area (Å²) in [6, 6.07) is 8.97. The van der Waals surface area contributed by atoms with Crippen molar-refractivity contribution in [3.63, 3.8) is 0 Å². The van der Waals surface area contributed by atoms with Crippen LogP contribution in [0.3, 0.4) is 0 Å². The first-order valence-corrected chi connectivity index (χ1v) is 4.13. The first-order valence-electron chi connectivity index (χ1n) is 4.13. The molecule has 0 bridgehead atoms. The van der Waals surface area contributed by atoms with Gasteiger partial charge in [0.15, 0.2) is 6.23 Å². The van der Waals surface area contributed by atoms with Crippen molar-refractivity contribution < 1.29 is 9.53 Å². The quantitative estimate of drug-likeness (QED) is 0.566. The second kappa shape index (κ2) is 5.04. The van der Waals surface area contributed by atoms with Gasteiger partial charge in [0.1, 0.15) is 0 Å². The molecule has 0 aliphatic carbocycles. The van der Waals surface area contributed by atoms with Crippen molar-refractivity contribution in [3.05, 3.63) is 43.0 Å². The molecule has 0 heterocycles. The number of carbonyl (C=O) groups is 1. The molecule has 4 heteroatoms. The standard InChI is InChI=1S/C10H12N2O2/c1-2-9(11)14-10(13)12-8-6-4-3-5-7-8/h2-7,9H,1,11H2,(H,12,13). The van der Waals surface area contributed by atoms with Crippen LogP contribution in [0.1, 0.15) is 0 Å². The lowest BCUT2D eigenvalue weighted by molar-refractivity contribution is 0.137. The predicted octanol–water partition coefficient (Wildman–Crippen LogP) is 1.71. The molecule has 0 aromatic heterocycles. The van der Waals surface area contributed by atoms with Crippen LogP contribution < -0.4 is 11.1 Å². The van der Waals surface area contributed by atoms with Gasteiger partial charge in [-0.1, -0.05) is 24.8 Å². The maximum Gasteiger partial charge on any atom is 0.413 e. The van der Waals surface area contributed by atoms with E-state index in [0.29, 0.717) is 5.69 Å². The molecule has 0 fully saturated rings. The van der Waals surface area contributed by atoms with Gasteiger partial charge in [0.05, 0.1) is 0 Å². The summed E-state index contributed by atoms with van der Waals surface area (Å²) >= 11 is 0. The lowest BCUT2D eigenvalue weighted by atomic mass is 10.3. The van der Waals surface area contributed by atoms with Crippen molar-refractivity contribution in [2.24, 2.45) is 5.73 Å². The molecule has 1 amide bonds. The third kappa shape index (κ3) is 3.28. The Morgan fingerprint density at radius 3 is 2.71 bits per heavy atom. The fraction of sp³-hybridized carbons (Fsp3) is 0.100. The zero-order valence-corrected chi connectivity index (χ0v) is 7.64. The van der Waals surface area contributed by atoms with Gasteiger partial charge in [-0.25, -0.2) is 4.79 Å². The van der Waals surface area contributed by atoms with E-state index in [4.69, 9.17) is 10.5 Å². The number of benzene rings is 1. The summed E-state index contributed by atoms with van der Waals surface area (Å²) in [6.07, 6.45) is -0.0350. The smallest absolute Gasteiger partial charge is 0.413 e. The molecule has 3 N–H and O–H groups in total. The van der Waals surface area contributed by atoms with Crippen molar-refractivity contribution in [3.8, 4) is 0 Å². The molecule has 0 aliphatic rings. The Morgan fingerprint density at radius 2 is 2.14 bits per heavy atom. The molecule has 4 nitrogen and oxygen atoms in total. The second-order valence-corrected chi connectivity index (χ2v) is 2.60. The summed E-state index contributed by atoms with van der Waals surface area (Å²) in [5.74, 6) is 0. The molecule has 1 aromatic carbocycles. The second-order valence-electron chi connectivity index (χ2n) is 2.60. The van der Waals surface area contributed by atoms with Gasteiger partial charge in [0.2, 0.25) is 0 Å². The van der Waals surface area contributed by atoms with Crippen molar-refractivity contribution >= 4 is 11.8 Å². The average molecular weight is 192 g/mol. The number of ether oxygens (including phenoxy) is 1. The third-order valence-corrected chi connectivity index (χ3v) is 1.50. The van der Waals surface area contributed by atoms with E-state index < -0.39 is 12.3 Å². The molecule has 74 valence electrons. The number of nitrogens with two attached hydrogens (primary N) is 1.